The number of fused-ring (bicyclic) bond motifs is 1. The molecule has 0 aliphatic heterocycles. The molecular weight excluding hydrogens is 328 g/mol. The molecule has 2 aromatic carbocycles. The first-order valence-corrected chi connectivity index (χ1v) is 8.25. The zero-order chi connectivity index (χ0) is 18.8. The summed E-state index contributed by atoms with van der Waals surface area (Å²) in [6.07, 6.45) is 1.33. The minimum atomic E-state index is -0.536. The van der Waals surface area contributed by atoms with Crippen molar-refractivity contribution >= 4 is 22.4 Å². The van der Waals surface area contributed by atoms with E-state index in [1.165, 1.54) is 10.6 Å². The monoisotopic (exact) mass is 348 g/mol. The van der Waals surface area contributed by atoms with E-state index in [1.807, 2.05) is 31.2 Å². The van der Waals surface area contributed by atoms with Crippen molar-refractivity contribution in [1.82, 2.24) is 4.57 Å². The number of aryl methyl sites for hydroxylation is 2. The molecule has 1 aromatic heterocycles. The quantitative estimate of drug-likeness (QED) is 0.556. The van der Waals surface area contributed by atoms with Gasteiger partial charge in [0.05, 0.1) is 5.52 Å². The molecule has 3 aromatic rings. The molecule has 0 bridgehead atoms. The van der Waals surface area contributed by atoms with Crippen LogP contribution in [-0.2, 0) is 7.05 Å². The molecule has 0 aliphatic rings. The lowest BCUT2D eigenvalue weighted by atomic mass is 10.1. The molecule has 0 unspecified atom stereocenters. The first-order chi connectivity index (χ1) is 12.4. The van der Waals surface area contributed by atoms with Crippen LogP contribution < -0.4 is 10.9 Å². The molecule has 0 saturated heterocycles. The summed E-state index contributed by atoms with van der Waals surface area (Å²) in [6, 6.07) is 14.7. The first-order valence-electron chi connectivity index (χ1n) is 8.25. The summed E-state index contributed by atoms with van der Waals surface area (Å²) in [5.41, 5.74) is 2.35. The zero-order valence-electron chi connectivity index (χ0n) is 14.9. The third-order valence-corrected chi connectivity index (χ3v) is 4.23. The van der Waals surface area contributed by atoms with E-state index in [1.54, 1.807) is 38.2 Å². The summed E-state index contributed by atoms with van der Waals surface area (Å²) in [5, 5.41) is 14.1. The number of rotatable bonds is 4. The maximum absolute atomic E-state index is 12.7. The molecule has 132 valence electrons. The van der Waals surface area contributed by atoms with Gasteiger partial charge in [-0.05, 0) is 43.7 Å². The standard InChI is InChI=1S/C21H20N2O3/c1-13-7-6-8-15(11-13)22-14(2)12-18(24)19-20(25)16-9-4-5-10-17(16)23(3)21(19)26/h4-12,22,25H,1-3H3/b14-12+. The highest BCUT2D eigenvalue weighted by Gasteiger charge is 2.19. The molecule has 0 amide bonds. The van der Waals surface area contributed by atoms with Crippen LogP contribution in [0.2, 0.25) is 0 Å². The van der Waals surface area contributed by atoms with Gasteiger partial charge in [0.25, 0.3) is 5.56 Å². The number of allylic oxidation sites excluding steroid dienone is 2. The summed E-state index contributed by atoms with van der Waals surface area (Å²) in [4.78, 5) is 25.2. The number of nitrogens with one attached hydrogen (secondary N) is 1. The second kappa shape index (κ2) is 6.88. The topological polar surface area (TPSA) is 71.3 Å². The molecule has 0 atom stereocenters. The fourth-order valence-corrected chi connectivity index (χ4v) is 2.96. The molecule has 0 aliphatic carbocycles. The number of aromatic hydroxyl groups is 1. The molecule has 0 fully saturated rings. The maximum Gasteiger partial charge on any atom is 0.265 e. The van der Waals surface area contributed by atoms with Gasteiger partial charge in [-0.2, -0.15) is 0 Å². The zero-order valence-corrected chi connectivity index (χ0v) is 14.9. The Kier molecular flexibility index (Phi) is 4.63. The van der Waals surface area contributed by atoms with Crippen LogP contribution in [0.5, 0.6) is 5.75 Å². The lowest BCUT2D eigenvalue weighted by molar-refractivity contribution is 0.104. The largest absolute Gasteiger partial charge is 0.506 e. The van der Waals surface area contributed by atoms with Crippen molar-refractivity contribution in [2.75, 3.05) is 5.32 Å². The van der Waals surface area contributed by atoms with Crippen LogP contribution in [0.1, 0.15) is 22.8 Å². The molecule has 26 heavy (non-hydrogen) atoms. The van der Waals surface area contributed by atoms with Crippen molar-refractivity contribution in [3.05, 3.63) is 81.8 Å². The number of pyridine rings is 1. The molecule has 3 rings (SSSR count). The summed E-state index contributed by atoms with van der Waals surface area (Å²) in [6.45, 7) is 3.72. The summed E-state index contributed by atoms with van der Waals surface area (Å²) in [5.74, 6) is -0.820. The van der Waals surface area contributed by atoms with Crippen LogP contribution in [0.4, 0.5) is 5.69 Å². The van der Waals surface area contributed by atoms with Gasteiger partial charge < -0.3 is 15.0 Å². The minimum Gasteiger partial charge on any atom is -0.506 e. The predicted molar refractivity (Wildman–Crippen MR) is 104 cm³/mol. The smallest absolute Gasteiger partial charge is 0.265 e. The number of anilines is 1. The van der Waals surface area contributed by atoms with Gasteiger partial charge in [-0.15, -0.1) is 0 Å². The number of carbonyl (C=O) groups excluding carboxylic acids is 1. The van der Waals surface area contributed by atoms with Gasteiger partial charge in [0.2, 0.25) is 0 Å². The molecule has 0 spiro atoms. The number of hydrogen-bond acceptors (Lipinski definition) is 4. The predicted octanol–water partition coefficient (Wildman–Crippen LogP) is 3.75. The van der Waals surface area contributed by atoms with Crippen LogP contribution in [0.25, 0.3) is 10.9 Å². The number of carbonyl (C=O) groups is 1. The summed E-state index contributed by atoms with van der Waals surface area (Å²) < 4.78 is 1.37. The summed E-state index contributed by atoms with van der Waals surface area (Å²) in [7, 11) is 1.59. The third-order valence-electron chi connectivity index (χ3n) is 4.23. The van der Waals surface area contributed by atoms with Gasteiger partial charge in [-0.25, -0.2) is 0 Å². The molecule has 5 nitrogen and oxygen atoms in total. The molecule has 0 saturated carbocycles. The molecule has 5 heteroatoms. The molecule has 1 heterocycles. The van der Waals surface area contributed by atoms with E-state index < -0.39 is 11.3 Å². The number of ketones is 1. The molecular formula is C21H20N2O3. The van der Waals surface area contributed by atoms with Crippen LogP contribution in [0.3, 0.4) is 0 Å². The fraction of sp³-hybridized carbons (Fsp3) is 0.143. The second-order valence-electron chi connectivity index (χ2n) is 6.29. The van der Waals surface area contributed by atoms with Crippen molar-refractivity contribution in [1.29, 1.82) is 0 Å². The van der Waals surface area contributed by atoms with E-state index in [0.29, 0.717) is 16.6 Å². The van der Waals surface area contributed by atoms with E-state index in [-0.39, 0.29) is 11.3 Å². The first kappa shape index (κ1) is 17.5. The third kappa shape index (κ3) is 3.24. The van der Waals surface area contributed by atoms with Crippen molar-refractivity contribution in [3.63, 3.8) is 0 Å². The van der Waals surface area contributed by atoms with E-state index in [4.69, 9.17) is 0 Å². The van der Waals surface area contributed by atoms with E-state index in [2.05, 4.69) is 5.32 Å². The normalized spacial score (nSPS) is 11.6. The molecule has 2 N–H and O–H groups in total. The number of benzene rings is 2. The van der Waals surface area contributed by atoms with E-state index in [0.717, 1.165) is 11.3 Å². The second-order valence-corrected chi connectivity index (χ2v) is 6.29. The van der Waals surface area contributed by atoms with Crippen LogP contribution in [0.15, 0.2) is 65.1 Å². The highest BCUT2D eigenvalue weighted by Crippen LogP contribution is 2.26. The van der Waals surface area contributed by atoms with Gasteiger partial charge in [0, 0.05) is 29.9 Å². The lowest BCUT2D eigenvalue weighted by Crippen LogP contribution is -2.24. The minimum absolute atomic E-state index is 0.225. The Labute approximate surface area is 151 Å². The highest BCUT2D eigenvalue weighted by molar-refractivity contribution is 6.09. The number of hydrogen-bond donors (Lipinski definition) is 2. The van der Waals surface area contributed by atoms with Crippen molar-refractivity contribution in [2.24, 2.45) is 7.05 Å². The Morgan fingerprint density at radius 3 is 2.62 bits per heavy atom. The van der Waals surface area contributed by atoms with Gasteiger partial charge >= 0.3 is 0 Å². The van der Waals surface area contributed by atoms with Gasteiger partial charge in [0.1, 0.15) is 11.3 Å². The summed E-state index contributed by atoms with van der Waals surface area (Å²) >= 11 is 0. The Morgan fingerprint density at radius 1 is 1.15 bits per heavy atom. The average molecular weight is 348 g/mol. The van der Waals surface area contributed by atoms with Gasteiger partial charge in [0.15, 0.2) is 5.78 Å². The number of aromatic nitrogens is 1. The van der Waals surface area contributed by atoms with Gasteiger partial charge in [-0.3, -0.25) is 9.59 Å². The van der Waals surface area contributed by atoms with Crippen molar-refractivity contribution in [2.45, 2.75) is 13.8 Å². The number of para-hydroxylation sites is 1. The van der Waals surface area contributed by atoms with Gasteiger partial charge in [-0.1, -0.05) is 24.3 Å². The van der Waals surface area contributed by atoms with E-state index in [9.17, 15) is 14.7 Å². The number of nitrogens with zero attached hydrogens (tertiary/aromatic N) is 1. The van der Waals surface area contributed by atoms with Crippen LogP contribution in [0, 0.1) is 6.92 Å². The SMILES string of the molecule is C/C(=C\C(=O)c1c(O)c2ccccc2n(C)c1=O)Nc1cccc(C)c1. The van der Waals surface area contributed by atoms with Crippen molar-refractivity contribution in [3.8, 4) is 5.75 Å². The fourth-order valence-electron chi connectivity index (χ4n) is 2.96. The Morgan fingerprint density at radius 2 is 1.88 bits per heavy atom. The van der Waals surface area contributed by atoms with E-state index >= 15 is 0 Å². The Bertz CT molecular complexity index is 1090. The van der Waals surface area contributed by atoms with Crippen LogP contribution in [-0.4, -0.2) is 15.5 Å². The maximum atomic E-state index is 12.7. The average Bonchev–Trinajstić information content (AvgIpc) is 2.60. The highest BCUT2D eigenvalue weighted by atomic mass is 16.3. The Balaban J connectivity index is 2.01. The van der Waals surface area contributed by atoms with Crippen molar-refractivity contribution < 1.29 is 9.90 Å². The molecule has 0 radical (unpaired) electrons. The van der Waals surface area contributed by atoms with Crippen LogP contribution >= 0.6 is 0 Å². The lowest BCUT2D eigenvalue weighted by Gasteiger charge is -2.11. The Hall–Kier alpha value is -3.34.